The van der Waals surface area contributed by atoms with Crippen LogP contribution in [0.1, 0.15) is 36.8 Å². The van der Waals surface area contributed by atoms with Gasteiger partial charge < -0.3 is 11.5 Å². The summed E-state index contributed by atoms with van der Waals surface area (Å²) in [5.74, 6) is 0. The molecule has 2 atom stereocenters. The summed E-state index contributed by atoms with van der Waals surface area (Å²) in [5, 5.41) is 0. The minimum atomic E-state index is -0.369. The number of nitrogens with two attached hydrogens (primary N) is 2. The van der Waals surface area contributed by atoms with E-state index in [0.29, 0.717) is 0 Å². The predicted octanol–water partition coefficient (Wildman–Crippen LogP) is 4.97. The van der Waals surface area contributed by atoms with Gasteiger partial charge in [0.2, 0.25) is 0 Å². The normalized spacial score (nSPS) is 27.2. The summed E-state index contributed by atoms with van der Waals surface area (Å²) in [7, 11) is 0. The Morgan fingerprint density at radius 1 is 0.667 bits per heavy atom. The Labute approximate surface area is 161 Å². The van der Waals surface area contributed by atoms with Crippen LogP contribution in [-0.4, -0.2) is 11.1 Å². The van der Waals surface area contributed by atoms with Crippen LogP contribution >= 0.6 is 31.9 Å². The number of benzene rings is 2. The van der Waals surface area contributed by atoms with Crippen molar-refractivity contribution in [3.05, 3.63) is 68.6 Å². The van der Waals surface area contributed by atoms with E-state index in [2.05, 4.69) is 80.4 Å². The highest BCUT2D eigenvalue weighted by atomic mass is 79.9. The van der Waals surface area contributed by atoms with Crippen molar-refractivity contribution in [1.82, 2.24) is 0 Å². The standard InChI is InChI=1S/C20H24Br2N2/c21-17-7-3-15(4-8-17)13-19(23)11-1-2-12-20(19,24)14-16-5-9-18(22)10-6-16/h3-10H,1-2,11-14,23-24H2. The van der Waals surface area contributed by atoms with E-state index in [0.717, 1.165) is 47.5 Å². The Morgan fingerprint density at radius 2 is 1.00 bits per heavy atom. The molecule has 4 heteroatoms. The number of hydrogen-bond acceptors (Lipinski definition) is 2. The Hall–Kier alpha value is -0.680. The van der Waals surface area contributed by atoms with Gasteiger partial charge in [-0.15, -0.1) is 0 Å². The molecule has 0 radical (unpaired) electrons. The minimum absolute atomic E-state index is 0.369. The highest BCUT2D eigenvalue weighted by molar-refractivity contribution is 9.10. The molecule has 3 rings (SSSR count). The zero-order chi connectivity index (χ0) is 17.2. The molecule has 2 aromatic carbocycles. The molecule has 24 heavy (non-hydrogen) atoms. The molecule has 1 aliphatic carbocycles. The molecule has 1 saturated carbocycles. The molecule has 0 bridgehead atoms. The highest BCUT2D eigenvalue weighted by Gasteiger charge is 2.47. The lowest BCUT2D eigenvalue weighted by atomic mass is 9.63. The quantitative estimate of drug-likeness (QED) is 0.689. The molecular weight excluding hydrogens is 428 g/mol. The Bertz CT molecular complexity index is 622. The van der Waals surface area contributed by atoms with Crippen molar-refractivity contribution in [2.45, 2.75) is 49.6 Å². The van der Waals surface area contributed by atoms with E-state index in [-0.39, 0.29) is 11.1 Å². The molecule has 0 spiro atoms. The van der Waals surface area contributed by atoms with Crippen molar-refractivity contribution in [2.75, 3.05) is 0 Å². The van der Waals surface area contributed by atoms with Gasteiger partial charge in [-0.05, 0) is 61.1 Å². The van der Waals surface area contributed by atoms with Crippen molar-refractivity contribution in [2.24, 2.45) is 11.5 Å². The molecule has 2 nitrogen and oxygen atoms in total. The number of hydrogen-bond donors (Lipinski definition) is 2. The van der Waals surface area contributed by atoms with Crippen LogP contribution in [-0.2, 0) is 12.8 Å². The monoisotopic (exact) mass is 450 g/mol. The van der Waals surface area contributed by atoms with Crippen LogP contribution in [0, 0.1) is 0 Å². The molecule has 0 saturated heterocycles. The molecule has 2 aromatic rings. The van der Waals surface area contributed by atoms with Gasteiger partial charge in [-0.2, -0.15) is 0 Å². The topological polar surface area (TPSA) is 52.0 Å². The Balaban J connectivity index is 1.85. The lowest BCUT2D eigenvalue weighted by Gasteiger charge is -2.50. The Kier molecular flexibility index (Phi) is 5.50. The summed E-state index contributed by atoms with van der Waals surface area (Å²) in [4.78, 5) is 0. The van der Waals surface area contributed by atoms with Gasteiger partial charge in [0, 0.05) is 20.0 Å². The van der Waals surface area contributed by atoms with Gasteiger partial charge in [0.25, 0.3) is 0 Å². The summed E-state index contributed by atoms with van der Waals surface area (Å²) >= 11 is 6.99. The van der Waals surface area contributed by atoms with Gasteiger partial charge in [0.05, 0.1) is 0 Å². The van der Waals surface area contributed by atoms with Crippen LogP contribution in [0.5, 0.6) is 0 Å². The zero-order valence-electron chi connectivity index (χ0n) is 13.8. The first kappa shape index (κ1) is 18.1. The first-order valence-electron chi connectivity index (χ1n) is 8.47. The van der Waals surface area contributed by atoms with Crippen molar-refractivity contribution in [1.29, 1.82) is 0 Å². The number of halogens is 2. The maximum absolute atomic E-state index is 6.94. The van der Waals surface area contributed by atoms with E-state index in [1.807, 2.05) is 0 Å². The van der Waals surface area contributed by atoms with Gasteiger partial charge in [-0.25, -0.2) is 0 Å². The lowest BCUT2D eigenvalue weighted by molar-refractivity contribution is 0.145. The molecule has 4 N–H and O–H groups in total. The smallest absolute Gasteiger partial charge is 0.0380 e. The summed E-state index contributed by atoms with van der Waals surface area (Å²) in [6, 6.07) is 16.9. The van der Waals surface area contributed by atoms with Gasteiger partial charge in [-0.1, -0.05) is 69.0 Å². The third-order valence-corrected chi connectivity index (χ3v) is 6.41. The van der Waals surface area contributed by atoms with Gasteiger partial charge in [0.15, 0.2) is 0 Å². The fourth-order valence-electron chi connectivity index (χ4n) is 3.84. The maximum atomic E-state index is 6.94. The average molecular weight is 452 g/mol. The van der Waals surface area contributed by atoms with Gasteiger partial charge >= 0.3 is 0 Å². The minimum Gasteiger partial charge on any atom is -0.323 e. The van der Waals surface area contributed by atoms with Crippen LogP contribution in [0.15, 0.2) is 57.5 Å². The molecule has 0 aromatic heterocycles. The van der Waals surface area contributed by atoms with Crippen molar-refractivity contribution < 1.29 is 0 Å². The largest absolute Gasteiger partial charge is 0.323 e. The molecule has 0 heterocycles. The number of rotatable bonds is 4. The fourth-order valence-corrected chi connectivity index (χ4v) is 4.37. The molecule has 1 aliphatic rings. The third-order valence-electron chi connectivity index (χ3n) is 5.35. The Morgan fingerprint density at radius 3 is 1.33 bits per heavy atom. The van der Waals surface area contributed by atoms with Crippen LogP contribution in [0.4, 0.5) is 0 Å². The average Bonchev–Trinajstić information content (AvgIpc) is 2.55. The first-order valence-corrected chi connectivity index (χ1v) is 10.1. The maximum Gasteiger partial charge on any atom is 0.0380 e. The first-order chi connectivity index (χ1) is 11.4. The molecule has 0 amide bonds. The second-order valence-corrected chi connectivity index (χ2v) is 8.96. The predicted molar refractivity (Wildman–Crippen MR) is 108 cm³/mol. The van der Waals surface area contributed by atoms with Gasteiger partial charge in [-0.3, -0.25) is 0 Å². The van der Waals surface area contributed by atoms with Crippen LogP contribution in [0.3, 0.4) is 0 Å². The van der Waals surface area contributed by atoms with Crippen molar-refractivity contribution in [3.8, 4) is 0 Å². The van der Waals surface area contributed by atoms with E-state index >= 15 is 0 Å². The zero-order valence-corrected chi connectivity index (χ0v) is 16.9. The molecule has 2 unspecified atom stereocenters. The third kappa shape index (κ3) is 3.93. The molecule has 1 fully saturated rings. The van der Waals surface area contributed by atoms with E-state index in [9.17, 15) is 0 Å². The van der Waals surface area contributed by atoms with E-state index < -0.39 is 0 Å². The highest BCUT2D eigenvalue weighted by Crippen LogP contribution is 2.38. The van der Waals surface area contributed by atoms with Crippen molar-refractivity contribution in [3.63, 3.8) is 0 Å². The van der Waals surface area contributed by atoms with E-state index in [4.69, 9.17) is 11.5 Å². The van der Waals surface area contributed by atoms with E-state index in [1.54, 1.807) is 0 Å². The molecular formula is C20H24Br2N2. The van der Waals surface area contributed by atoms with Crippen LogP contribution < -0.4 is 11.5 Å². The molecule has 0 aliphatic heterocycles. The summed E-state index contributed by atoms with van der Waals surface area (Å²) in [6.45, 7) is 0. The summed E-state index contributed by atoms with van der Waals surface area (Å²) in [5.41, 5.74) is 15.7. The lowest BCUT2D eigenvalue weighted by Crippen LogP contribution is -2.69. The second-order valence-electron chi connectivity index (χ2n) is 7.13. The van der Waals surface area contributed by atoms with E-state index in [1.165, 1.54) is 11.1 Å². The molecule has 128 valence electrons. The SMILES string of the molecule is NC1(Cc2ccc(Br)cc2)CCCCC1(N)Cc1ccc(Br)cc1. The van der Waals surface area contributed by atoms with Crippen LogP contribution in [0.25, 0.3) is 0 Å². The summed E-state index contributed by atoms with van der Waals surface area (Å²) < 4.78 is 2.18. The fraction of sp³-hybridized carbons (Fsp3) is 0.400. The van der Waals surface area contributed by atoms with Gasteiger partial charge in [0.1, 0.15) is 0 Å². The van der Waals surface area contributed by atoms with Crippen LogP contribution in [0.2, 0.25) is 0 Å². The van der Waals surface area contributed by atoms with Crippen molar-refractivity contribution >= 4 is 31.9 Å². The second kappa shape index (κ2) is 7.28. The summed E-state index contributed by atoms with van der Waals surface area (Å²) in [6.07, 6.45) is 5.94.